The van der Waals surface area contributed by atoms with Gasteiger partial charge >= 0.3 is 6.18 Å². The van der Waals surface area contributed by atoms with Crippen molar-refractivity contribution in [2.24, 2.45) is 0 Å². The van der Waals surface area contributed by atoms with Crippen molar-refractivity contribution in [1.82, 2.24) is 9.88 Å². The summed E-state index contributed by atoms with van der Waals surface area (Å²) in [6, 6.07) is 3.26. The number of rotatable bonds is 3. The van der Waals surface area contributed by atoms with Crippen molar-refractivity contribution in [1.29, 1.82) is 0 Å². The lowest BCUT2D eigenvalue weighted by atomic mass is 10.1. The van der Waals surface area contributed by atoms with Gasteiger partial charge in [0.1, 0.15) is 16.5 Å². The number of aromatic nitrogens is 1. The summed E-state index contributed by atoms with van der Waals surface area (Å²) in [5, 5.41) is 0.340. The van der Waals surface area contributed by atoms with Gasteiger partial charge in [-0.2, -0.15) is 13.2 Å². The highest BCUT2D eigenvalue weighted by Gasteiger charge is 2.34. The van der Waals surface area contributed by atoms with E-state index >= 15 is 0 Å². The van der Waals surface area contributed by atoms with Crippen LogP contribution in [0.1, 0.15) is 23.4 Å². The molecule has 1 saturated heterocycles. The number of nitrogens with zero attached hydrogens (tertiary/aromatic N) is 3. The molecule has 1 atom stereocenters. The Morgan fingerprint density at radius 2 is 1.80 bits per heavy atom. The summed E-state index contributed by atoms with van der Waals surface area (Å²) in [5.41, 5.74) is 0.406. The van der Waals surface area contributed by atoms with Crippen molar-refractivity contribution in [2.75, 3.05) is 31.1 Å². The van der Waals surface area contributed by atoms with Gasteiger partial charge in [-0.3, -0.25) is 4.90 Å². The first-order valence-corrected chi connectivity index (χ1v) is 8.54. The molecular formula is C16H16F5N3S. The third-order valence-electron chi connectivity index (χ3n) is 4.32. The van der Waals surface area contributed by atoms with Crippen LogP contribution in [0.15, 0.2) is 24.4 Å². The minimum atomic E-state index is -4.38. The van der Waals surface area contributed by atoms with Crippen molar-refractivity contribution in [3.8, 4) is 0 Å². The first-order valence-electron chi connectivity index (χ1n) is 7.72. The van der Waals surface area contributed by atoms with Crippen LogP contribution in [-0.2, 0) is 6.18 Å². The summed E-state index contributed by atoms with van der Waals surface area (Å²) in [6.07, 6.45) is -3.53. The average Bonchev–Trinajstić information content (AvgIpc) is 3.05. The lowest BCUT2D eigenvalue weighted by Gasteiger charge is -2.38. The molecule has 0 saturated carbocycles. The van der Waals surface area contributed by atoms with Crippen LogP contribution in [0, 0.1) is 11.6 Å². The summed E-state index contributed by atoms with van der Waals surface area (Å²) in [5.74, 6) is -1.22. The van der Waals surface area contributed by atoms with E-state index in [1.54, 1.807) is 4.90 Å². The van der Waals surface area contributed by atoms with Crippen LogP contribution in [0.5, 0.6) is 0 Å². The predicted octanol–water partition coefficient (Wildman–Crippen LogP) is 4.32. The van der Waals surface area contributed by atoms with Crippen molar-refractivity contribution >= 4 is 16.5 Å². The van der Waals surface area contributed by atoms with Crippen molar-refractivity contribution in [3.05, 3.63) is 46.5 Å². The van der Waals surface area contributed by atoms with Crippen LogP contribution < -0.4 is 4.90 Å². The van der Waals surface area contributed by atoms with Crippen LogP contribution >= 0.6 is 11.3 Å². The van der Waals surface area contributed by atoms with Gasteiger partial charge in [0, 0.05) is 43.9 Å². The zero-order valence-corrected chi connectivity index (χ0v) is 14.2. The molecule has 1 unspecified atom stereocenters. The fraction of sp³-hybridized carbons (Fsp3) is 0.438. The van der Waals surface area contributed by atoms with E-state index in [-0.39, 0.29) is 6.04 Å². The topological polar surface area (TPSA) is 19.4 Å². The summed E-state index contributed by atoms with van der Waals surface area (Å²) in [6.45, 7) is 3.94. The van der Waals surface area contributed by atoms with Gasteiger partial charge < -0.3 is 4.90 Å². The first-order chi connectivity index (χ1) is 11.8. The van der Waals surface area contributed by atoms with Gasteiger partial charge in [-0.1, -0.05) is 17.4 Å². The Morgan fingerprint density at radius 3 is 2.36 bits per heavy atom. The van der Waals surface area contributed by atoms with E-state index < -0.39 is 22.7 Å². The molecule has 136 valence electrons. The molecule has 0 N–H and O–H groups in total. The molecule has 1 aliphatic heterocycles. The largest absolute Gasteiger partial charge is 0.427 e. The van der Waals surface area contributed by atoms with Gasteiger partial charge in [-0.15, -0.1) is 0 Å². The number of hydrogen-bond acceptors (Lipinski definition) is 4. The Labute approximate surface area is 145 Å². The fourth-order valence-corrected chi connectivity index (χ4v) is 3.71. The van der Waals surface area contributed by atoms with Crippen LogP contribution in [0.25, 0.3) is 0 Å². The number of alkyl halides is 3. The Kier molecular flexibility index (Phi) is 4.97. The zero-order chi connectivity index (χ0) is 18.2. The van der Waals surface area contributed by atoms with Crippen LogP contribution in [-0.4, -0.2) is 36.1 Å². The highest BCUT2D eigenvalue weighted by molar-refractivity contribution is 7.15. The number of anilines is 1. The number of benzene rings is 1. The summed E-state index contributed by atoms with van der Waals surface area (Å²) < 4.78 is 65.0. The first kappa shape index (κ1) is 18.1. The Bertz CT molecular complexity index is 738. The average molecular weight is 377 g/mol. The highest BCUT2D eigenvalue weighted by atomic mass is 32.1. The third-order valence-corrected chi connectivity index (χ3v) is 5.42. The molecule has 1 aromatic carbocycles. The normalized spacial score (nSPS) is 17.8. The molecule has 0 radical (unpaired) electrons. The summed E-state index contributed by atoms with van der Waals surface area (Å²) >= 11 is 0.626. The van der Waals surface area contributed by atoms with Gasteiger partial charge in [-0.25, -0.2) is 13.8 Å². The van der Waals surface area contributed by atoms with Gasteiger partial charge in [-0.05, 0) is 13.0 Å². The third kappa shape index (κ3) is 3.92. The van der Waals surface area contributed by atoms with Crippen LogP contribution in [0.4, 0.5) is 27.1 Å². The molecule has 3 rings (SSSR count). The maximum atomic E-state index is 13.9. The van der Waals surface area contributed by atoms with E-state index in [4.69, 9.17) is 0 Å². The molecule has 25 heavy (non-hydrogen) atoms. The summed E-state index contributed by atoms with van der Waals surface area (Å²) in [7, 11) is 0. The quantitative estimate of drug-likeness (QED) is 0.743. The number of thiazole rings is 1. The zero-order valence-electron chi connectivity index (χ0n) is 13.4. The lowest BCUT2D eigenvalue weighted by molar-refractivity contribution is -0.134. The number of piperazine rings is 1. The molecule has 0 aliphatic carbocycles. The minimum absolute atomic E-state index is 0.246. The number of hydrogen-bond donors (Lipinski definition) is 0. The van der Waals surface area contributed by atoms with E-state index in [1.165, 1.54) is 12.1 Å². The lowest BCUT2D eigenvalue weighted by Crippen LogP contribution is -2.47. The molecule has 1 aromatic heterocycles. The molecular weight excluding hydrogens is 361 g/mol. The monoisotopic (exact) mass is 377 g/mol. The molecule has 0 bridgehead atoms. The SMILES string of the molecule is CC(c1ccc(F)cc1F)N1CCN(c2ncc(C(F)(F)F)s2)CC1. The van der Waals surface area contributed by atoms with E-state index in [9.17, 15) is 22.0 Å². The molecule has 3 nitrogen and oxygen atoms in total. The van der Waals surface area contributed by atoms with Crippen LogP contribution in [0.3, 0.4) is 0 Å². The van der Waals surface area contributed by atoms with E-state index in [0.717, 1.165) is 12.3 Å². The van der Waals surface area contributed by atoms with Crippen molar-refractivity contribution < 1.29 is 22.0 Å². The van der Waals surface area contributed by atoms with Gasteiger partial charge in [0.2, 0.25) is 0 Å². The number of halogens is 5. The Balaban J connectivity index is 1.64. The van der Waals surface area contributed by atoms with Gasteiger partial charge in [0.25, 0.3) is 0 Å². The van der Waals surface area contributed by atoms with Gasteiger partial charge in [0.15, 0.2) is 5.13 Å². The smallest absolute Gasteiger partial charge is 0.346 e. The molecule has 0 spiro atoms. The maximum Gasteiger partial charge on any atom is 0.427 e. The molecule has 1 aliphatic rings. The molecule has 1 fully saturated rings. The van der Waals surface area contributed by atoms with E-state index in [2.05, 4.69) is 4.98 Å². The minimum Gasteiger partial charge on any atom is -0.346 e. The molecule has 9 heteroatoms. The van der Waals surface area contributed by atoms with E-state index in [0.29, 0.717) is 48.2 Å². The van der Waals surface area contributed by atoms with Crippen molar-refractivity contribution in [3.63, 3.8) is 0 Å². The van der Waals surface area contributed by atoms with Crippen LogP contribution in [0.2, 0.25) is 0 Å². The Hall–Kier alpha value is -1.74. The predicted molar refractivity (Wildman–Crippen MR) is 85.7 cm³/mol. The molecule has 2 heterocycles. The highest BCUT2D eigenvalue weighted by Crippen LogP contribution is 2.36. The molecule has 0 amide bonds. The molecule has 2 aromatic rings. The van der Waals surface area contributed by atoms with E-state index in [1.807, 2.05) is 11.8 Å². The van der Waals surface area contributed by atoms with Crippen molar-refractivity contribution in [2.45, 2.75) is 19.1 Å². The second kappa shape index (κ2) is 6.87. The summed E-state index contributed by atoms with van der Waals surface area (Å²) in [4.78, 5) is 6.96. The van der Waals surface area contributed by atoms with Gasteiger partial charge in [0.05, 0.1) is 6.20 Å². The maximum absolute atomic E-state index is 13.9. The standard InChI is InChI=1S/C16H16F5N3S/c1-10(12-3-2-11(17)8-13(12)18)23-4-6-24(7-5-23)15-22-9-14(25-15)16(19,20)21/h2-3,8-10H,4-7H2,1H3. The second-order valence-electron chi connectivity index (χ2n) is 5.87. The fourth-order valence-electron chi connectivity index (χ4n) is 2.88. The Morgan fingerprint density at radius 1 is 1.12 bits per heavy atom. The second-order valence-corrected chi connectivity index (χ2v) is 6.88.